The molecule has 0 unspecified atom stereocenters. The molecular weight excluding hydrogens is 402 g/mol. The standard InChI is InChI=1S/C28H36BO3.Li/c1-5-6-19-29(20-23-7-13-26(30-2)14-8-23,21-24-9-15-27(31-3)16-10-24)22-25-11-17-28(32-4)18-12-25;/h7-18H,5-6,19-22H2,1-4H3;/q-1;+1. The minimum absolute atomic E-state index is 0. The van der Waals surface area contributed by atoms with E-state index >= 15 is 0 Å². The summed E-state index contributed by atoms with van der Waals surface area (Å²) in [6, 6.07) is 25.8. The normalized spacial score (nSPS) is 10.9. The van der Waals surface area contributed by atoms with Crippen molar-refractivity contribution >= 4 is 6.15 Å². The van der Waals surface area contributed by atoms with Gasteiger partial charge in [-0.25, -0.2) is 0 Å². The molecule has 0 amide bonds. The van der Waals surface area contributed by atoms with Crippen LogP contribution < -0.4 is 33.1 Å². The molecule has 0 aliphatic heterocycles. The number of benzene rings is 3. The summed E-state index contributed by atoms with van der Waals surface area (Å²) in [6.07, 6.45) is 6.22. The van der Waals surface area contributed by atoms with Crippen LogP contribution in [-0.2, 0) is 19.0 Å². The first-order chi connectivity index (χ1) is 15.6. The number of unbranched alkanes of at least 4 members (excludes halogenated alkanes) is 1. The Morgan fingerprint density at radius 3 is 1.09 bits per heavy atom. The van der Waals surface area contributed by atoms with Crippen molar-refractivity contribution in [2.45, 2.75) is 45.0 Å². The van der Waals surface area contributed by atoms with Crippen LogP contribution in [0.3, 0.4) is 0 Å². The van der Waals surface area contributed by atoms with Gasteiger partial charge in [0.15, 0.2) is 0 Å². The minimum Gasteiger partial charge on any atom is -0.497 e. The van der Waals surface area contributed by atoms with E-state index in [4.69, 9.17) is 14.2 Å². The maximum Gasteiger partial charge on any atom is 1.00 e. The van der Waals surface area contributed by atoms with Crippen LogP contribution in [0.5, 0.6) is 17.2 Å². The second kappa shape index (κ2) is 13.4. The molecule has 0 saturated carbocycles. The summed E-state index contributed by atoms with van der Waals surface area (Å²) in [5, 5.41) is 0. The zero-order valence-corrected chi connectivity index (χ0v) is 21.0. The number of rotatable bonds is 12. The van der Waals surface area contributed by atoms with E-state index in [1.807, 2.05) is 0 Å². The summed E-state index contributed by atoms with van der Waals surface area (Å²) in [6.45, 7) is 2.29. The predicted molar refractivity (Wildman–Crippen MR) is 136 cm³/mol. The van der Waals surface area contributed by atoms with Gasteiger partial charge in [0, 0.05) is 6.15 Å². The van der Waals surface area contributed by atoms with Crippen molar-refractivity contribution in [1.29, 1.82) is 0 Å². The fourth-order valence-corrected chi connectivity index (χ4v) is 4.94. The zero-order valence-electron chi connectivity index (χ0n) is 21.0. The first kappa shape index (κ1) is 27.0. The van der Waals surface area contributed by atoms with Crippen LogP contribution in [0.2, 0.25) is 6.32 Å². The minimum atomic E-state index is -0.720. The van der Waals surface area contributed by atoms with Crippen LogP contribution in [0.1, 0.15) is 36.5 Å². The van der Waals surface area contributed by atoms with E-state index in [0.29, 0.717) is 0 Å². The number of hydrogen-bond donors (Lipinski definition) is 0. The van der Waals surface area contributed by atoms with Gasteiger partial charge in [-0.15, -0.1) is 0 Å². The fourth-order valence-electron chi connectivity index (χ4n) is 4.94. The van der Waals surface area contributed by atoms with Crippen LogP contribution in [0.4, 0.5) is 0 Å². The third-order valence-corrected chi connectivity index (χ3v) is 6.65. The second-order valence-electron chi connectivity index (χ2n) is 9.03. The fraction of sp³-hybridized carbons (Fsp3) is 0.357. The van der Waals surface area contributed by atoms with E-state index < -0.39 is 6.15 Å². The molecule has 3 rings (SSSR count). The maximum absolute atomic E-state index is 5.38. The molecule has 0 N–H and O–H groups in total. The molecule has 170 valence electrons. The molecule has 0 heterocycles. The summed E-state index contributed by atoms with van der Waals surface area (Å²) in [4.78, 5) is 0. The van der Waals surface area contributed by atoms with Crippen molar-refractivity contribution in [3.05, 3.63) is 89.5 Å². The smallest absolute Gasteiger partial charge is 0.497 e. The average Bonchev–Trinajstić information content (AvgIpc) is 2.84. The van der Waals surface area contributed by atoms with Gasteiger partial charge in [0.05, 0.1) is 21.3 Å². The average molecular weight is 438 g/mol. The topological polar surface area (TPSA) is 27.7 Å². The molecule has 0 bridgehead atoms. The Bertz CT molecular complexity index is 820. The van der Waals surface area contributed by atoms with Crippen molar-refractivity contribution in [3.63, 3.8) is 0 Å². The molecule has 0 radical (unpaired) electrons. The van der Waals surface area contributed by atoms with Crippen LogP contribution in [0.15, 0.2) is 72.8 Å². The van der Waals surface area contributed by atoms with E-state index in [1.54, 1.807) is 21.3 Å². The Morgan fingerprint density at radius 1 is 0.545 bits per heavy atom. The van der Waals surface area contributed by atoms with Crippen LogP contribution in [-0.4, -0.2) is 27.5 Å². The second-order valence-corrected chi connectivity index (χ2v) is 9.03. The first-order valence-electron chi connectivity index (χ1n) is 11.7. The Balaban J connectivity index is 0.00000385. The van der Waals surface area contributed by atoms with E-state index in [2.05, 4.69) is 79.7 Å². The first-order valence-corrected chi connectivity index (χ1v) is 11.7. The van der Waals surface area contributed by atoms with Gasteiger partial charge in [0.2, 0.25) is 0 Å². The monoisotopic (exact) mass is 438 g/mol. The summed E-state index contributed by atoms with van der Waals surface area (Å²) < 4.78 is 16.1. The zero-order chi connectivity index (χ0) is 22.8. The third kappa shape index (κ3) is 7.91. The Hall–Kier alpha value is -2.28. The van der Waals surface area contributed by atoms with Crippen molar-refractivity contribution in [3.8, 4) is 17.2 Å². The Morgan fingerprint density at radius 2 is 0.848 bits per heavy atom. The largest absolute Gasteiger partial charge is 1.00 e. The molecule has 5 heteroatoms. The van der Waals surface area contributed by atoms with Crippen LogP contribution in [0, 0.1) is 0 Å². The summed E-state index contributed by atoms with van der Waals surface area (Å²) in [5.74, 6) is 2.72. The van der Waals surface area contributed by atoms with E-state index in [0.717, 1.165) is 36.2 Å². The molecule has 0 atom stereocenters. The van der Waals surface area contributed by atoms with E-state index in [1.165, 1.54) is 35.9 Å². The molecule has 0 aliphatic carbocycles. The SMILES string of the molecule is CCCC[B-](Cc1ccc(OC)cc1)(Cc1ccc(OC)cc1)Cc1ccc(OC)cc1.[Li+]. The summed E-state index contributed by atoms with van der Waals surface area (Å²) >= 11 is 0. The number of hydrogen-bond acceptors (Lipinski definition) is 3. The molecule has 3 aromatic carbocycles. The quantitative estimate of drug-likeness (QED) is 0.405. The van der Waals surface area contributed by atoms with Gasteiger partial charge in [-0.3, -0.25) is 0 Å². The van der Waals surface area contributed by atoms with Crippen molar-refractivity contribution in [2.75, 3.05) is 21.3 Å². The number of ether oxygens (including phenoxy) is 3. The maximum atomic E-state index is 5.38. The molecule has 33 heavy (non-hydrogen) atoms. The molecular formula is C28H36BLiO3. The van der Waals surface area contributed by atoms with Crippen LogP contribution >= 0.6 is 0 Å². The van der Waals surface area contributed by atoms with Crippen molar-refractivity contribution in [2.24, 2.45) is 0 Å². The van der Waals surface area contributed by atoms with Gasteiger partial charge in [0.25, 0.3) is 0 Å². The van der Waals surface area contributed by atoms with Crippen molar-refractivity contribution < 1.29 is 33.1 Å². The Labute approximate surface area is 211 Å². The van der Waals surface area contributed by atoms with Gasteiger partial charge in [-0.2, -0.15) is 25.3 Å². The molecule has 0 aromatic heterocycles. The van der Waals surface area contributed by atoms with E-state index in [-0.39, 0.29) is 18.9 Å². The van der Waals surface area contributed by atoms with Crippen molar-refractivity contribution in [1.82, 2.24) is 0 Å². The molecule has 3 aromatic rings. The molecule has 0 spiro atoms. The van der Waals surface area contributed by atoms with Gasteiger partial charge in [-0.05, 0) is 36.4 Å². The summed E-state index contributed by atoms with van der Waals surface area (Å²) in [5.41, 5.74) is 4.14. The van der Waals surface area contributed by atoms with Gasteiger partial charge >= 0.3 is 18.9 Å². The molecule has 3 nitrogen and oxygen atoms in total. The molecule has 0 aliphatic rings. The van der Waals surface area contributed by atoms with Gasteiger partial charge < -0.3 is 14.2 Å². The van der Waals surface area contributed by atoms with Crippen LogP contribution in [0.25, 0.3) is 0 Å². The van der Waals surface area contributed by atoms with E-state index in [9.17, 15) is 0 Å². The Kier molecular flexibility index (Phi) is 11.0. The van der Waals surface area contributed by atoms with Gasteiger partial charge in [0.1, 0.15) is 17.2 Å². The summed E-state index contributed by atoms with van der Waals surface area (Å²) in [7, 11) is 5.16. The predicted octanol–water partition coefficient (Wildman–Crippen LogP) is 3.61. The van der Waals surface area contributed by atoms with Gasteiger partial charge in [-0.1, -0.05) is 72.9 Å². The molecule has 0 saturated heterocycles. The third-order valence-electron chi connectivity index (χ3n) is 6.65. The number of methoxy groups -OCH3 is 3. The molecule has 0 fully saturated rings.